The van der Waals surface area contributed by atoms with Crippen LogP contribution in [0.15, 0.2) is 12.3 Å². The summed E-state index contributed by atoms with van der Waals surface area (Å²) in [6.45, 7) is 1.60. The molecule has 0 amide bonds. The van der Waals surface area contributed by atoms with Crippen LogP contribution in [0.2, 0.25) is 0 Å². The fourth-order valence-electron chi connectivity index (χ4n) is 0.945. The smallest absolute Gasteiger partial charge is 0.312 e. The van der Waals surface area contributed by atoms with Gasteiger partial charge in [0.25, 0.3) is 0 Å². The van der Waals surface area contributed by atoms with Crippen molar-refractivity contribution in [3.05, 3.63) is 18.0 Å². The van der Waals surface area contributed by atoms with Crippen molar-refractivity contribution in [3.63, 3.8) is 0 Å². The molecule has 0 aliphatic carbocycles. The van der Waals surface area contributed by atoms with Crippen LogP contribution >= 0.6 is 0 Å². The molecule has 1 heterocycles. The van der Waals surface area contributed by atoms with Gasteiger partial charge in [0.2, 0.25) is 5.95 Å². The molecule has 1 rings (SSSR count). The zero-order valence-electron chi connectivity index (χ0n) is 8.43. The molecule has 0 bridgehead atoms. The number of aromatic nitrogens is 2. The molecule has 0 radical (unpaired) electrons. The van der Waals surface area contributed by atoms with E-state index in [2.05, 4.69) is 9.97 Å². The van der Waals surface area contributed by atoms with Crippen molar-refractivity contribution in [2.24, 2.45) is 0 Å². The van der Waals surface area contributed by atoms with Crippen molar-refractivity contribution >= 4 is 11.9 Å². The molecule has 1 aromatic heterocycles. The number of nitrogens with zero attached hydrogens (tertiary/aromatic N) is 3. The lowest BCUT2D eigenvalue weighted by atomic mass is 10.1. The van der Waals surface area contributed by atoms with Gasteiger partial charge in [-0.25, -0.2) is 9.97 Å². The number of hydrogen-bond acceptors (Lipinski definition) is 4. The average Bonchev–Trinajstić information content (AvgIpc) is 2.16. The van der Waals surface area contributed by atoms with Crippen LogP contribution in [0.4, 0.5) is 5.95 Å². The van der Waals surface area contributed by atoms with Crippen molar-refractivity contribution in [1.82, 2.24) is 9.97 Å². The summed E-state index contributed by atoms with van der Waals surface area (Å²) in [5.74, 6) is -0.958. The van der Waals surface area contributed by atoms with Crippen LogP contribution in [-0.2, 0) is 4.79 Å². The number of carbonyl (C=O) groups is 1. The zero-order valence-corrected chi connectivity index (χ0v) is 8.43. The molecule has 0 aliphatic rings. The van der Waals surface area contributed by atoms with E-state index in [9.17, 15) is 4.79 Å². The Hall–Kier alpha value is -1.65. The van der Waals surface area contributed by atoms with E-state index in [-0.39, 0.29) is 0 Å². The Morgan fingerprint density at radius 1 is 1.57 bits per heavy atom. The molecule has 0 aromatic carbocycles. The molecular weight excluding hydrogens is 182 g/mol. The third-order valence-electron chi connectivity index (χ3n) is 1.88. The van der Waals surface area contributed by atoms with Gasteiger partial charge in [-0.1, -0.05) is 0 Å². The molecule has 1 atom stereocenters. The standard InChI is InChI=1S/C9H13N3O2/c1-6(8(13)14)7-4-5-10-9(11-7)12(2)3/h4-6H,1-3H3,(H,13,14). The van der Waals surface area contributed by atoms with Crippen LogP contribution in [-0.4, -0.2) is 35.1 Å². The molecule has 1 unspecified atom stereocenters. The summed E-state index contributed by atoms with van der Waals surface area (Å²) in [7, 11) is 3.62. The highest BCUT2D eigenvalue weighted by atomic mass is 16.4. The second kappa shape index (κ2) is 4.04. The first-order valence-electron chi connectivity index (χ1n) is 4.25. The number of hydrogen-bond donors (Lipinski definition) is 1. The van der Waals surface area contributed by atoms with E-state index in [1.54, 1.807) is 24.1 Å². The van der Waals surface area contributed by atoms with Crippen LogP contribution in [0.3, 0.4) is 0 Å². The molecule has 76 valence electrons. The van der Waals surface area contributed by atoms with Crippen LogP contribution in [0.5, 0.6) is 0 Å². The first-order valence-corrected chi connectivity index (χ1v) is 4.25. The molecule has 14 heavy (non-hydrogen) atoms. The molecule has 0 fully saturated rings. The maximum absolute atomic E-state index is 10.7. The van der Waals surface area contributed by atoms with Crippen LogP contribution in [0.25, 0.3) is 0 Å². The number of aliphatic carboxylic acids is 1. The molecule has 1 N–H and O–H groups in total. The topological polar surface area (TPSA) is 66.3 Å². The molecule has 5 heteroatoms. The summed E-state index contributed by atoms with van der Waals surface area (Å²) < 4.78 is 0. The largest absolute Gasteiger partial charge is 0.481 e. The number of carboxylic acids is 1. The van der Waals surface area contributed by atoms with Gasteiger partial charge in [-0.05, 0) is 13.0 Å². The Balaban J connectivity index is 2.99. The minimum absolute atomic E-state index is 0.524. The number of carboxylic acid groups (broad SMARTS) is 1. The Bertz CT molecular complexity index is 339. The number of rotatable bonds is 3. The number of anilines is 1. The van der Waals surface area contributed by atoms with E-state index in [4.69, 9.17) is 5.11 Å². The van der Waals surface area contributed by atoms with E-state index in [0.717, 1.165) is 0 Å². The Morgan fingerprint density at radius 2 is 2.21 bits per heavy atom. The summed E-state index contributed by atoms with van der Waals surface area (Å²) in [4.78, 5) is 20.6. The second-order valence-corrected chi connectivity index (χ2v) is 3.24. The Labute approximate surface area is 82.4 Å². The minimum atomic E-state index is -0.881. The van der Waals surface area contributed by atoms with E-state index in [1.807, 2.05) is 14.1 Å². The first-order chi connectivity index (χ1) is 6.52. The van der Waals surface area contributed by atoms with Crippen LogP contribution in [0.1, 0.15) is 18.5 Å². The summed E-state index contributed by atoms with van der Waals surface area (Å²) >= 11 is 0. The molecular formula is C9H13N3O2. The van der Waals surface area contributed by atoms with Gasteiger partial charge in [-0.2, -0.15) is 0 Å². The van der Waals surface area contributed by atoms with Crippen molar-refractivity contribution in [3.8, 4) is 0 Å². The maximum atomic E-state index is 10.7. The lowest BCUT2D eigenvalue weighted by molar-refractivity contribution is -0.138. The first kappa shape index (κ1) is 10.4. The third-order valence-corrected chi connectivity index (χ3v) is 1.88. The quantitative estimate of drug-likeness (QED) is 0.770. The highest BCUT2D eigenvalue weighted by molar-refractivity contribution is 5.74. The summed E-state index contributed by atoms with van der Waals surface area (Å²) in [5, 5.41) is 8.79. The summed E-state index contributed by atoms with van der Waals surface area (Å²) in [6, 6.07) is 1.62. The van der Waals surface area contributed by atoms with Crippen molar-refractivity contribution in [2.45, 2.75) is 12.8 Å². The van der Waals surface area contributed by atoms with Gasteiger partial charge in [0.1, 0.15) is 0 Å². The monoisotopic (exact) mass is 195 g/mol. The maximum Gasteiger partial charge on any atom is 0.312 e. The van der Waals surface area contributed by atoms with Gasteiger partial charge in [-0.15, -0.1) is 0 Å². The molecule has 0 saturated heterocycles. The predicted octanol–water partition coefficient (Wildman–Crippen LogP) is 0.731. The third kappa shape index (κ3) is 2.18. The minimum Gasteiger partial charge on any atom is -0.481 e. The van der Waals surface area contributed by atoms with Crippen LogP contribution < -0.4 is 4.90 Å². The van der Waals surface area contributed by atoms with Crippen molar-refractivity contribution in [1.29, 1.82) is 0 Å². The lowest BCUT2D eigenvalue weighted by Crippen LogP contribution is -2.16. The van der Waals surface area contributed by atoms with E-state index < -0.39 is 11.9 Å². The molecule has 5 nitrogen and oxygen atoms in total. The molecule has 1 aromatic rings. The summed E-state index contributed by atoms with van der Waals surface area (Å²) in [6.07, 6.45) is 1.57. The van der Waals surface area contributed by atoms with Gasteiger partial charge in [0.05, 0.1) is 11.6 Å². The fraction of sp³-hybridized carbons (Fsp3) is 0.444. The highest BCUT2D eigenvalue weighted by Crippen LogP contribution is 2.14. The van der Waals surface area contributed by atoms with E-state index >= 15 is 0 Å². The van der Waals surface area contributed by atoms with Gasteiger partial charge >= 0.3 is 5.97 Å². The molecule has 0 spiro atoms. The van der Waals surface area contributed by atoms with E-state index in [0.29, 0.717) is 11.6 Å². The normalized spacial score (nSPS) is 12.2. The molecule has 0 aliphatic heterocycles. The van der Waals surface area contributed by atoms with Gasteiger partial charge in [0, 0.05) is 20.3 Å². The SMILES string of the molecule is CC(C(=O)O)c1ccnc(N(C)C)n1. The lowest BCUT2D eigenvalue weighted by Gasteiger charge is -2.12. The highest BCUT2D eigenvalue weighted by Gasteiger charge is 2.15. The van der Waals surface area contributed by atoms with Gasteiger partial charge in [0.15, 0.2) is 0 Å². The molecule has 0 saturated carbocycles. The van der Waals surface area contributed by atoms with Crippen LogP contribution in [0, 0.1) is 0 Å². The fourth-order valence-corrected chi connectivity index (χ4v) is 0.945. The van der Waals surface area contributed by atoms with E-state index in [1.165, 1.54) is 0 Å². The van der Waals surface area contributed by atoms with Gasteiger partial charge in [-0.3, -0.25) is 4.79 Å². The van der Waals surface area contributed by atoms with Crippen molar-refractivity contribution in [2.75, 3.05) is 19.0 Å². The second-order valence-electron chi connectivity index (χ2n) is 3.24. The zero-order chi connectivity index (χ0) is 10.7. The van der Waals surface area contributed by atoms with Gasteiger partial charge < -0.3 is 10.0 Å². The summed E-state index contributed by atoms with van der Waals surface area (Å²) in [5.41, 5.74) is 0.524. The van der Waals surface area contributed by atoms with Crippen molar-refractivity contribution < 1.29 is 9.90 Å². The average molecular weight is 195 g/mol. The predicted molar refractivity (Wildman–Crippen MR) is 52.4 cm³/mol. The Morgan fingerprint density at radius 3 is 2.71 bits per heavy atom. The Kier molecular flexibility index (Phi) is 3.01.